The van der Waals surface area contributed by atoms with Gasteiger partial charge in [-0.15, -0.1) is 0 Å². The lowest BCUT2D eigenvalue weighted by Crippen LogP contribution is -2.24. The third-order valence-corrected chi connectivity index (χ3v) is 3.53. The highest BCUT2D eigenvalue weighted by molar-refractivity contribution is 5.96. The largest absolute Gasteiger partial charge is 0.493 e. The van der Waals surface area contributed by atoms with Crippen molar-refractivity contribution in [1.29, 1.82) is 0 Å². The van der Waals surface area contributed by atoms with Crippen LogP contribution in [-0.2, 0) is 16.0 Å². The lowest BCUT2D eigenvalue weighted by molar-refractivity contribution is -0.134. The highest BCUT2D eigenvalue weighted by Gasteiger charge is 2.11. The van der Waals surface area contributed by atoms with Crippen molar-refractivity contribution < 1.29 is 24.2 Å². The summed E-state index contributed by atoms with van der Waals surface area (Å²) in [4.78, 5) is 22.3. The maximum atomic E-state index is 11.2. The maximum absolute atomic E-state index is 11.2. The van der Waals surface area contributed by atoms with Crippen LogP contribution in [0.25, 0.3) is 6.08 Å². The van der Waals surface area contributed by atoms with E-state index in [1.165, 1.54) is 25.7 Å². The first-order chi connectivity index (χ1) is 12.5. The molecule has 0 heterocycles. The first kappa shape index (κ1) is 19.1. The number of hydrogen-bond acceptors (Lipinski definition) is 4. The fourth-order valence-corrected chi connectivity index (χ4v) is 2.32. The summed E-state index contributed by atoms with van der Waals surface area (Å²) in [6.07, 6.45) is 2.12. The summed E-state index contributed by atoms with van der Waals surface area (Å²) in [7, 11) is 1.51. The number of benzene rings is 2. The zero-order valence-electron chi connectivity index (χ0n) is 14.7. The van der Waals surface area contributed by atoms with Gasteiger partial charge >= 0.3 is 5.97 Å². The fraction of sp³-hybridized carbons (Fsp3) is 0.200. The SMILES string of the molecule is COc1cc(C=C(NC(C)=O)C(=O)O)ccc1OCCc1ccccc1. The third-order valence-electron chi connectivity index (χ3n) is 3.53. The van der Waals surface area contributed by atoms with E-state index in [0.717, 1.165) is 6.42 Å². The number of methoxy groups -OCH3 is 1. The summed E-state index contributed by atoms with van der Waals surface area (Å²) in [5.74, 6) is -0.620. The number of ether oxygens (including phenoxy) is 2. The second-order valence-corrected chi connectivity index (χ2v) is 5.54. The van der Waals surface area contributed by atoms with Crippen LogP contribution in [0.1, 0.15) is 18.1 Å². The number of amides is 1. The number of carboxylic acid groups (broad SMARTS) is 1. The average molecular weight is 355 g/mol. The van der Waals surface area contributed by atoms with E-state index in [0.29, 0.717) is 23.7 Å². The predicted octanol–water partition coefficient (Wildman–Crippen LogP) is 2.88. The molecule has 0 aliphatic heterocycles. The Balaban J connectivity index is 2.10. The standard InChI is InChI=1S/C20H21NO5/c1-14(22)21-17(20(23)24)12-16-8-9-18(19(13-16)25-2)26-11-10-15-6-4-3-5-7-15/h3-9,12-13H,10-11H2,1-2H3,(H,21,22)(H,23,24). The van der Waals surface area contributed by atoms with Gasteiger partial charge in [-0.3, -0.25) is 4.79 Å². The smallest absolute Gasteiger partial charge is 0.352 e. The van der Waals surface area contributed by atoms with Crippen LogP contribution >= 0.6 is 0 Å². The molecule has 0 aliphatic rings. The Morgan fingerprint density at radius 3 is 2.46 bits per heavy atom. The number of carboxylic acids is 1. The summed E-state index contributed by atoms with van der Waals surface area (Å²) in [6, 6.07) is 15.1. The van der Waals surface area contributed by atoms with Crippen molar-refractivity contribution in [3.63, 3.8) is 0 Å². The molecule has 6 heteroatoms. The molecule has 0 bridgehead atoms. The number of hydrogen-bond donors (Lipinski definition) is 2. The van der Waals surface area contributed by atoms with E-state index >= 15 is 0 Å². The van der Waals surface area contributed by atoms with Gasteiger partial charge in [0.1, 0.15) is 5.70 Å². The summed E-state index contributed by atoms with van der Waals surface area (Å²) in [5, 5.41) is 11.4. The van der Waals surface area contributed by atoms with Crippen LogP contribution in [0.2, 0.25) is 0 Å². The van der Waals surface area contributed by atoms with E-state index in [4.69, 9.17) is 14.6 Å². The minimum Gasteiger partial charge on any atom is -0.493 e. The molecule has 0 saturated heterocycles. The molecule has 26 heavy (non-hydrogen) atoms. The van der Waals surface area contributed by atoms with Crippen molar-refractivity contribution in [3.8, 4) is 11.5 Å². The van der Waals surface area contributed by atoms with E-state index in [1.807, 2.05) is 30.3 Å². The first-order valence-corrected chi connectivity index (χ1v) is 8.07. The average Bonchev–Trinajstić information content (AvgIpc) is 2.62. The van der Waals surface area contributed by atoms with Gasteiger partial charge in [0.2, 0.25) is 5.91 Å². The minimum absolute atomic E-state index is 0.211. The Labute approximate surface area is 152 Å². The molecule has 0 radical (unpaired) electrons. The second kappa shape index (κ2) is 9.27. The molecule has 2 aromatic carbocycles. The summed E-state index contributed by atoms with van der Waals surface area (Å²) < 4.78 is 11.1. The molecule has 0 saturated carbocycles. The number of nitrogens with one attached hydrogen (secondary N) is 1. The minimum atomic E-state index is -1.22. The molecule has 6 nitrogen and oxygen atoms in total. The summed E-state index contributed by atoms with van der Waals surface area (Å²) in [6.45, 7) is 1.74. The van der Waals surface area contributed by atoms with Gasteiger partial charge < -0.3 is 19.9 Å². The van der Waals surface area contributed by atoms with Gasteiger partial charge in [0.25, 0.3) is 0 Å². The maximum Gasteiger partial charge on any atom is 0.352 e. The van der Waals surface area contributed by atoms with Crippen LogP contribution in [0.3, 0.4) is 0 Å². The van der Waals surface area contributed by atoms with Crippen LogP contribution in [0, 0.1) is 0 Å². The van der Waals surface area contributed by atoms with Gasteiger partial charge in [0, 0.05) is 13.3 Å². The molecule has 2 N–H and O–H groups in total. The van der Waals surface area contributed by atoms with Gasteiger partial charge in [0.05, 0.1) is 13.7 Å². The van der Waals surface area contributed by atoms with E-state index in [1.54, 1.807) is 18.2 Å². The number of carbonyl (C=O) groups is 2. The van der Waals surface area contributed by atoms with Gasteiger partial charge in [-0.1, -0.05) is 36.4 Å². The Bertz CT molecular complexity index is 799. The van der Waals surface area contributed by atoms with Gasteiger partial charge in [-0.2, -0.15) is 0 Å². The van der Waals surface area contributed by atoms with Crippen LogP contribution < -0.4 is 14.8 Å². The molecule has 2 aromatic rings. The molecule has 0 spiro atoms. The summed E-state index contributed by atoms with van der Waals surface area (Å²) >= 11 is 0. The fourth-order valence-electron chi connectivity index (χ4n) is 2.32. The number of rotatable bonds is 8. The van der Waals surface area contributed by atoms with E-state index in [-0.39, 0.29) is 5.70 Å². The van der Waals surface area contributed by atoms with Crippen LogP contribution in [0.5, 0.6) is 11.5 Å². The Morgan fingerprint density at radius 1 is 1.12 bits per heavy atom. The Morgan fingerprint density at radius 2 is 1.85 bits per heavy atom. The summed E-state index contributed by atoms with van der Waals surface area (Å²) in [5.41, 5.74) is 1.54. The molecule has 136 valence electrons. The molecule has 0 unspecified atom stereocenters. The van der Waals surface area contributed by atoms with Crippen molar-refractivity contribution in [2.24, 2.45) is 0 Å². The van der Waals surface area contributed by atoms with Crippen LogP contribution in [0.15, 0.2) is 54.2 Å². The van der Waals surface area contributed by atoms with E-state index < -0.39 is 11.9 Å². The number of aliphatic carboxylic acids is 1. The van der Waals surface area contributed by atoms with Gasteiger partial charge in [-0.05, 0) is 29.3 Å². The molecular formula is C20H21NO5. The normalized spacial score (nSPS) is 10.9. The molecule has 0 aromatic heterocycles. The highest BCUT2D eigenvalue weighted by Crippen LogP contribution is 2.29. The van der Waals surface area contributed by atoms with Crippen molar-refractivity contribution in [2.75, 3.05) is 13.7 Å². The van der Waals surface area contributed by atoms with Crippen LogP contribution in [-0.4, -0.2) is 30.7 Å². The lowest BCUT2D eigenvalue weighted by atomic mass is 10.1. The van der Waals surface area contributed by atoms with Crippen molar-refractivity contribution in [2.45, 2.75) is 13.3 Å². The highest BCUT2D eigenvalue weighted by atomic mass is 16.5. The molecule has 0 atom stereocenters. The zero-order chi connectivity index (χ0) is 18.9. The second-order valence-electron chi connectivity index (χ2n) is 5.54. The monoisotopic (exact) mass is 355 g/mol. The number of carbonyl (C=O) groups excluding carboxylic acids is 1. The van der Waals surface area contributed by atoms with E-state index in [2.05, 4.69) is 5.32 Å². The first-order valence-electron chi connectivity index (χ1n) is 8.07. The van der Waals surface area contributed by atoms with Crippen LogP contribution in [0.4, 0.5) is 0 Å². The Hall–Kier alpha value is -3.28. The Kier molecular flexibility index (Phi) is 6.79. The van der Waals surface area contributed by atoms with Crippen molar-refractivity contribution in [1.82, 2.24) is 5.32 Å². The third kappa shape index (κ3) is 5.66. The predicted molar refractivity (Wildman–Crippen MR) is 98.1 cm³/mol. The quantitative estimate of drug-likeness (QED) is 0.711. The lowest BCUT2D eigenvalue weighted by Gasteiger charge is -2.12. The van der Waals surface area contributed by atoms with E-state index in [9.17, 15) is 9.59 Å². The molecule has 0 aliphatic carbocycles. The molecule has 1 amide bonds. The zero-order valence-corrected chi connectivity index (χ0v) is 14.7. The molecular weight excluding hydrogens is 334 g/mol. The topological polar surface area (TPSA) is 84.9 Å². The van der Waals surface area contributed by atoms with Crippen molar-refractivity contribution in [3.05, 3.63) is 65.4 Å². The van der Waals surface area contributed by atoms with Gasteiger partial charge in [0.15, 0.2) is 11.5 Å². The van der Waals surface area contributed by atoms with Gasteiger partial charge in [-0.25, -0.2) is 4.79 Å². The van der Waals surface area contributed by atoms with Crippen molar-refractivity contribution >= 4 is 18.0 Å². The molecule has 2 rings (SSSR count). The molecule has 0 fully saturated rings.